The second kappa shape index (κ2) is 9.09. The maximum Gasteiger partial charge on any atom is 0.419 e. The predicted molar refractivity (Wildman–Crippen MR) is 95.2 cm³/mol. The maximum atomic E-state index is 12.9. The zero-order chi connectivity index (χ0) is 20.7. The molecular weight excluding hydrogens is 391 g/mol. The fourth-order valence-electron chi connectivity index (χ4n) is 2.32. The first kappa shape index (κ1) is 20.2. The molecule has 0 fully saturated rings. The normalized spacial score (nSPS) is 11.1. The second-order valence-electron chi connectivity index (χ2n) is 5.72. The highest BCUT2D eigenvalue weighted by Crippen LogP contribution is 2.35. The van der Waals surface area contributed by atoms with Crippen LogP contribution in [-0.4, -0.2) is 35.9 Å². The average molecular weight is 407 g/mol. The first-order valence-electron chi connectivity index (χ1n) is 8.49. The number of carbonyl (C=O) groups is 1. The Morgan fingerprint density at radius 3 is 2.55 bits per heavy atom. The van der Waals surface area contributed by atoms with Gasteiger partial charge in [0.1, 0.15) is 18.1 Å². The number of nitrogens with zero attached hydrogens (tertiary/aromatic N) is 2. The minimum absolute atomic E-state index is 0.0969. The van der Waals surface area contributed by atoms with Gasteiger partial charge in [-0.15, -0.1) is 10.2 Å². The molecule has 0 aliphatic rings. The summed E-state index contributed by atoms with van der Waals surface area (Å²) in [5.74, 6) is -0.156. The molecule has 0 radical (unpaired) electrons. The van der Waals surface area contributed by atoms with E-state index >= 15 is 0 Å². The molecule has 0 bridgehead atoms. The van der Waals surface area contributed by atoms with Gasteiger partial charge in [-0.2, -0.15) is 13.2 Å². The molecule has 0 unspecified atom stereocenters. The van der Waals surface area contributed by atoms with Crippen molar-refractivity contribution in [1.82, 2.24) is 15.5 Å². The van der Waals surface area contributed by atoms with E-state index in [9.17, 15) is 18.0 Å². The summed E-state index contributed by atoms with van der Waals surface area (Å²) in [6.45, 7) is -0.338. The van der Waals surface area contributed by atoms with E-state index in [-0.39, 0.29) is 19.0 Å². The molecule has 29 heavy (non-hydrogen) atoms. The summed E-state index contributed by atoms with van der Waals surface area (Å²) in [6.07, 6.45) is -3.04. The molecule has 1 aromatic carbocycles. The Morgan fingerprint density at radius 2 is 1.86 bits per heavy atom. The van der Waals surface area contributed by atoms with Crippen molar-refractivity contribution in [3.63, 3.8) is 0 Å². The molecule has 152 valence electrons. The molecule has 2 heterocycles. The summed E-state index contributed by atoms with van der Waals surface area (Å²) >= 11 is 0. The van der Waals surface area contributed by atoms with Gasteiger partial charge in [0, 0.05) is 6.07 Å². The number of hydrogen-bond acceptors (Lipinski definition) is 6. The van der Waals surface area contributed by atoms with Crippen LogP contribution in [-0.2, 0) is 11.0 Å². The number of carbonyl (C=O) groups excluding carboxylic acids is 1. The molecule has 3 aromatic rings. The Labute approximate surface area is 163 Å². The minimum atomic E-state index is -4.56. The molecule has 1 amide bonds. The van der Waals surface area contributed by atoms with Crippen LogP contribution in [0.1, 0.15) is 5.56 Å². The van der Waals surface area contributed by atoms with Crippen LogP contribution in [0.2, 0.25) is 0 Å². The van der Waals surface area contributed by atoms with E-state index < -0.39 is 30.0 Å². The van der Waals surface area contributed by atoms with E-state index in [0.717, 1.165) is 12.1 Å². The van der Waals surface area contributed by atoms with Gasteiger partial charge in [-0.25, -0.2) is 0 Å². The number of halogens is 3. The van der Waals surface area contributed by atoms with Gasteiger partial charge in [-0.1, -0.05) is 12.1 Å². The molecule has 0 spiro atoms. The number of furan rings is 1. The molecule has 7 nitrogen and oxygen atoms in total. The molecule has 0 aliphatic carbocycles. The largest absolute Gasteiger partial charge is 0.483 e. The lowest BCUT2D eigenvalue weighted by atomic mass is 10.2. The van der Waals surface area contributed by atoms with Gasteiger partial charge in [-0.05, 0) is 30.3 Å². The van der Waals surface area contributed by atoms with Gasteiger partial charge in [0.25, 0.3) is 5.91 Å². The van der Waals surface area contributed by atoms with E-state index in [2.05, 4.69) is 15.5 Å². The lowest BCUT2D eigenvalue weighted by Crippen LogP contribution is -2.32. The van der Waals surface area contributed by atoms with Gasteiger partial charge in [-0.3, -0.25) is 4.79 Å². The fourth-order valence-corrected chi connectivity index (χ4v) is 2.32. The standard InChI is InChI=1S/C19H16F3N3O4/c20-19(21,22)13-4-1-2-5-15(13)29-12-17(26)23-9-11-28-18-8-7-14(24-25-18)16-6-3-10-27-16/h1-8,10H,9,11-12H2,(H,23,26). The van der Waals surface area contributed by atoms with Crippen LogP contribution in [0.3, 0.4) is 0 Å². The Balaban J connectivity index is 1.40. The summed E-state index contributed by atoms with van der Waals surface area (Å²) in [4.78, 5) is 11.8. The Bertz CT molecular complexity index is 929. The van der Waals surface area contributed by atoms with Gasteiger partial charge in [0.05, 0.1) is 18.4 Å². The minimum Gasteiger partial charge on any atom is -0.483 e. The number of nitrogens with one attached hydrogen (secondary N) is 1. The molecular formula is C19H16F3N3O4. The number of hydrogen-bond donors (Lipinski definition) is 1. The number of benzene rings is 1. The number of ether oxygens (including phenoxy) is 2. The van der Waals surface area contributed by atoms with E-state index in [0.29, 0.717) is 11.5 Å². The van der Waals surface area contributed by atoms with E-state index in [1.165, 1.54) is 18.4 Å². The first-order chi connectivity index (χ1) is 13.9. The number of para-hydroxylation sites is 1. The third-order valence-corrected chi connectivity index (χ3v) is 3.64. The molecule has 0 atom stereocenters. The van der Waals surface area contributed by atoms with Crippen molar-refractivity contribution in [2.45, 2.75) is 6.18 Å². The van der Waals surface area contributed by atoms with Crippen LogP contribution in [0.5, 0.6) is 11.6 Å². The Kier molecular flexibility index (Phi) is 6.32. The fraction of sp³-hybridized carbons (Fsp3) is 0.211. The quantitative estimate of drug-likeness (QED) is 0.577. The summed E-state index contributed by atoms with van der Waals surface area (Å²) in [5, 5.41) is 10.3. The summed E-state index contributed by atoms with van der Waals surface area (Å²) in [6, 6.07) is 11.4. The molecule has 0 aliphatic heterocycles. The van der Waals surface area contributed by atoms with Gasteiger partial charge in [0.15, 0.2) is 12.4 Å². The highest BCUT2D eigenvalue weighted by molar-refractivity contribution is 5.77. The molecule has 0 saturated heterocycles. The van der Waals surface area contributed by atoms with E-state index in [1.54, 1.807) is 24.3 Å². The van der Waals surface area contributed by atoms with E-state index in [4.69, 9.17) is 13.9 Å². The van der Waals surface area contributed by atoms with Crippen molar-refractivity contribution in [2.75, 3.05) is 19.8 Å². The monoisotopic (exact) mass is 407 g/mol. The smallest absolute Gasteiger partial charge is 0.419 e. The van der Waals surface area contributed by atoms with Crippen LogP contribution < -0.4 is 14.8 Å². The SMILES string of the molecule is O=C(COc1ccccc1C(F)(F)F)NCCOc1ccc(-c2ccco2)nn1. The number of aromatic nitrogens is 2. The summed E-state index contributed by atoms with van der Waals surface area (Å²) in [7, 11) is 0. The van der Waals surface area contributed by atoms with Crippen LogP contribution in [0.4, 0.5) is 13.2 Å². The first-order valence-corrected chi connectivity index (χ1v) is 8.49. The van der Waals surface area contributed by atoms with Crippen molar-refractivity contribution in [1.29, 1.82) is 0 Å². The summed E-state index contributed by atoms with van der Waals surface area (Å²) in [5.41, 5.74) is -0.389. The molecule has 0 saturated carbocycles. The van der Waals surface area contributed by atoms with Crippen molar-refractivity contribution in [3.8, 4) is 23.1 Å². The zero-order valence-corrected chi connectivity index (χ0v) is 15.0. The Morgan fingerprint density at radius 1 is 1.03 bits per heavy atom. The van der Waals surface area contributed by atoms with Gasteiger partial charge >= 0.3 is 6.18 Å². The van der Waals surface area contributed by atoms with Crippen LogP contribution in [0.15, 0.2) is 59.2 Å². The summed E-state index contributed by atoms with van der Waals surface area (Å²) < 4.78 is 54.2. The predicted octanol–water partition coefficient (Wildman–Crippen LogP) is 3.33. The van der Waals surface area contributed by atoms with Crippen LogP contribution in [0, 0.1) is 0 Å². The third-order valence-electron chi connectivity index (χ3n) is 3.64. The van der Waals surface area contributed by atoms with Crippen molar-refractivity contribution in [3.05, 3.63) is 60.4 Å². The van der Waals surface area contributed by atoms with Crippen molar-refractivity contribution >= 4 is 5.91 Å². The topological polar surface area (TPSA) is 86.5 Å². The van der Waals surface area contributed by atoms with Gasteiger partial charge in [0.2, 0.25) is 5.88 Å². The van der Waals surface area contributed by atoms with Crippen molar-refractivity contribution < 1.29 is 31.9 Å². The maximum absolute atomic E-state index is 12.9. The third kappa shape index (κ3) is 5.71. The number of alkyl halides is 3. The second-order valence-corrected chi connectivity index (χ2v) is 5.72. The van der Waals surface area contributed by atoms with Crippen LogP contribution >= 0.6 is 0 Å². The molecule has 2 aromatic heterocycles. The van der Waals surface area contributed by atoms with E-state index in [1.807, 2.05) is 0 Å². The Hall–Kier alpha value is -3.56. The van der Waals surface area contributed by atoms with Crippen molar-refractivity contribution in [2.24, 2.45) is 0 Å². The lowest BCUT2D eigenvalue weighted by Gasteiger charge is -2.13. The lowest BCUT2D eigenvalue weighted by molar-refractivity contribution is -0.139. The van der Waals surface area contributed by atoms with Gasteiger partial charge < -0.3 is 19.2 Å². The average Bonchev–Trinajstić information content (AvgIpc) is 3.24. The van der Waals surface area contributed by atoms with Crippen LogP contribution in [0.25, 0.3) is 11.5 Å². The molecule has 1 N–H and O–H groups in total. The zero-order valence-electron chi connectivity index (χ0n) is 15.0. The molecule has 3 rings (SSSR count). The number of amides is 1. The molecule has 10 heteroatoms. The highest BCUT2D eigenvalue weighted by atomic mass is 19.4. The number of rotatable bonds is 8. The highest BCUT2D eigenvalue weighted by Gasteiger charge is 2.34.